The maximum atomic E-state index is 10.9. The molecule has 0 saturated carbocycles. The van der Waals surface area contributed by atoms with E-state index in [0.29, 0.717) is 17.4 Å². The van der Waals surface area contributed by atoms with Crippen molar-refractivity contribution < 1.29 is 12.8 Å². The summed E-state index contributed by atoms with van der Waals surface area (Å²) >= 11 is 1.52. The molecule has 0 N–H and O–H groups in total. The minimum atomic E-state index is -2.87. The first kappa shape index (κ1) is 14.6. The van der Waals surface area contributed by atoms with Crippen LogP contribution in [0.15, 0.2) is 10.6 Å². The molecular formula is C11H19NO3S2. The minimum Gasteiger partial charge on any atom is -0.444 e. The molecule has 0 bridgehead atoms. The lowest BCUT2D eigenvalue weighted by atomic mass is 9.94. The van der Waals surface area contributed by atoms with Crippen LogP contribution in [0.25, 0.3) is 0 Å². The average Bonchev–Trinajstić information content (AvgIpc) is 2.58. The second-order valence-electron chi connectivity index (χ2n) is 5.05. The Balaban J connectivity index is 2.41. The molecule has 0 radical (unpaired) electrons. The molecule has 98 valence electrons. The van der Waals surface area contributed by atoms with Gasteiger partial charge in [-0.25, -0.2) is 13.4 Å². The van der Waals surface area contributed by atoms with E-state index in [1.165, 1.54) is 18.0 Å². The third-order valence-electron chi connectivity index (χ3n) is 2.12. The van der Waals surface area contributed by atoms with Gasteiger partial charge in [0.05, 0.1) is 17.7 Å². The normalized spacial score (nSPS) is 12.9. The molecule has 0 aliphatic carbocycles. The number of sulfone groups is 1. The van der Waals surface area contributed by atoms with E-state index in [2.05, 4.69) is 25.8 Å². The predicted molar refractivity (Wildman–Crippen MR) is 71.1 cm³/mol. The molecule has 6 heteroatoms. The molecule has 0 saturated heterocycles. The molecule has 0 aliphatic heterocycles. The van der Waals surface area contributed by atoms with Crippen molar-refractivity contribution in [3.05, 3.63) is 17.8 Å². The summed E-state index contributed by atoms with van der Waals surface area (Å²) in [7, 11) is -2.87. The Kier molecular flexibility index (Phi) is 4.66. The largest absolute Gasteiger partial charge is 0.444 e. The maximum absolute atomic E-state index is 10.9. The molecule has 1 heterocycles. The number of hydrogen-bond acceptors (Lipinski definition) is 5. The van der Waals surface area contributed by atoms with Crippen molar-refractivity contribution >= 4 is 21.6 Å². The first-order valence-corrected chi connectivity index (χ1v) is 8.61. The zero-order valence-electron chi connectivity index (χ0n) is 10.7. The van der Waals surface area contributed by atoms with E-state index in [9.17, 15) is 8.42 Å². The lowest BCUT2D eigenvalue weighted by Crippen LogP contribution is -2.09. The van der Waals surface area contributed by atoms with E-state index in [0.717, 1.165) is 5.76 Å². The monoisotopic (exact) mass is 277 g/mol. The average molecular weight is 277 g/mol. The van der Waals surface area contributed by atoms with Crippen molar-refractivity contribution in [2.45, 2.75) is 31.9 Å². The van der Waals surface area contributed by atoms with Gasteiger partial charge in [-0.1, -0.05) is 20.8 Å². The Morgan fingerprint density at radius 1 is 1.41 bits per heavy atom. The second-order valence-corrected chi connectivity index (χ2v) is 8.42. The van der Waals surface area contributed by atoms with Crippen molar-refractivity contribution in [1.82, 2.24) is 4.98 Å². The smallest absolute Gasteiger partial charge is 0.204 e. The quantitative estimate of drug-likeness (QED) is 0.773. The fraction of sp³-hybridized carbons (Fsp3) is 0.727. The van der Waals surface area contributed by atoms with Crippen LogP contribution in [0.1, 0.15) is 32.4 Å². The summed E-state index contributed by atoms with van der Waals surface area (Å²) in [6.07, 6.45) is 2.99. The van der Waals surface area contributed by atoms with Crippen molar-refractivity contribution in [3.8, 4) is 0 Å². The summed E-state index contributed by atoms with van der Waals surface area (Å²) in [4.78, 5) is 4.18. The Labute approximate surface area is 107 Å². The van der Waals surface area contributed by atoms with E-state index in [4.69, 9.17) is 4.42 Å². The Bertz CT molecular complexity index is 457. The lowest BCUT2D eigenvalue weighted by molar-refractivity contribution is 0.391. The second kappa shape index (κ2) is 5.44. The Hall–Kier alpha value is -0.490. The minimum absolute atomic E-state index is 0.0390. The third-order valence-corrected chi connectivity index (χ3v) is 4.26. The molecule has 0 aromatic carbocycles. The highest BCUT2D eigenvalue weighted by molar-refractivity contribution is 7.99. The fourth-order valence-corrected chi connectivity index (χ4v) is 3.23. The number of hydrogen-bond donors (Lipinski definition) is 0. The molecule has 0 amide bonds. The zero-order chi connectivity index (χ0) is 13.1. The fourth-order valence-electron chi connectivity index (χ4n) is 1.09. The molecule has 1 aromatic rings. The molecule has 0 fully saturated rings. The summed E-state index contributed by atoms with van der Waals surface area (Å²) in [6, 6.07) is 0. The summed E-state index contributed by atoms with van der Waals surface area (Å²) in [5.41, 5.74) is -0.0390. The van der Waals surface area contributed by atoms with Crippen molar-refractivity contribution in [3.63, 3.8) is 0 Å². The molecule has 1 aromatic heterocycles. The van der Waals surface area contributed by atoms with Gasteiger partial charge < -0.3 is 4.42 Å². The first-order chi connectivity index (χ1) is 7.68. The summed E-state index contributed by atoms with van der Waals surface area (Å²) in [5, 5.41) is 0. The third kappa shape index (κ3) is 5.59. The van der Waals surface area contributed by atoms with Crippen LogP contribution in [0.2, 0.25) is 0 Å². The van der Waals surface area contributed by atoms with Gasteiger partial charge >= 0.3 is 0 Å². The summed E-state index contributed by atoms with van der Waals surface area (Å²) in [5.74, 6) is 2.91. The topological polar surface area (TPSA) is 60.2 Å². The van der Waals surface area contributed by atoms with Gasteiger partial charge in [0.1, 0.15) is 15.6 Å². The highest BCUT2D eigenvalue weighted by atomic mass is 32.2. The summed E-state index contributed by atoms with van der Waals surface area (Å²) < 4.78 is 27.5. The predicted octanol–water partition coefficient (Wildman–Crippen LogP) is 2.25. The number of thioether (sulfide) groups is 1. The van der Waals surface area contributed by atoms with E-state index in [-0.39, 0.29) is 11.2 Å². The standard InChI is InChI=1S/C11H19NO3S2/c1-11(2,3)9-7-12-10(15-9)8-16-5-6-17(4,13)14/h7H,5-6,8H2,1-4H3. The number of oxazole rings is 1. The van der Waals surface area contributed by atoms with Gasteiger partial charge in [0.15, 0.2) is 0 Å². The number of aromatic nitrogens is 1. The van der Waals surface area contributed by atoms with E-state index in [1.54, 1.807) is 6.20 Å². The molecule has 17 heavy (non-hydrogen) atoms. The van der Waals surface area contributed by atoms with Crippen molar-refractivity contribution in [1.29, 1.82) is 0 Å². The first-order valence-electron chi connectivity index (χ1n) is 5.39. The number of nitrogens with zero attached hydrogens (tertiary/aromatic N) is 1. The van der Waals surface area contributed by atoms with Crippen LogP contribution in [-0.4, -0.2) is 31.2 Å². The van der Waals surface area contributed by atoms with Crippen LogP contribution >= 0.6 is 11.8 Å². The van der Waals surface area contributed by atoms with Gasteiger partial charge in [0.25, 0.3) is 0 Å². The van der Waals surface area contributed by atoms with Crippen molar-refractivity contribution in [2.24, 2.45) is 0 Å². The van der Waals surface area contributed by atoms with Gasteiger partial charge in [-0.2, -0.15) is 11.8 Å². The zero-order valence-corrected chi connectivity index (χ0v) is 12.3. The van der Waals surface area contributed by atoms with Crippen LogP contribution < -0.4 is 0 Å². The van der Waals surface area contributed by atoms with E-state index < -0.39 is 9.84 Å². The van der Waals surface area contributed by atoms with Crippen LogP contribution in [0.3, 0.4) is 0 Å². The highest BCUT2D eigenvalue weighted by Crippen LogP contribution is 2.24. The van der Waals surface area contributed by atoms with Crippen LogP contribution in [0.5, 0.6) is 0 Å². The van der Waals surface area contributed by atoms with Crippen molar-refractivity contribution in [2.75, 3.05) is 17.8 Å². The van der Waals surface area contributed by atoms with Gasteiger partial charge in [-0.15, -0.1) is 0 Å². The SMILES string of the molecule is CC(C)(C)c1cnc(CSCCS(C)(=O)=O)o1. The molecule has 0 atom stereocenters. The Morgan fingerprint density at radius 3 is 2.53 bits per heavy atom. The molecular weight excluding hydrogens is 258 g/mol. The molecule has 4 nitrogen and oxygen atoms in total. The maximum Gasteiger partial charge on any atom is 0.204 e. The van der Waals surface area contributed by atoms with Gasteiger partial charge in [-0.05, 0) is 0 Å². The van der Waals surface area contributed by atoms with Gasteiger partial charge in [-0.3, -0.25) is 0 Å². The molecule has 0 unspecified atom stereocenters. The molecule has 0 spiro atoms. The summed E-state index contributed by atoms with van der Waals surface area (Å²) in [6.45, 7) is 6.19. The van der Waals surface area contributed by atoms with Gasteiger partial charge in [0.2, 0.25) is 5.89 Å². The van der Waals surface area contributed by atoms with Crippen LogP contribution in [0, 0.1) is 0 Å². The van der Waals surface area contributed by atoms with Gasteiger partial charge in [0, 0.05) is 17.4 Å². The Morgan fingerprint density at radius 2 is 2.06 bits per heavy atom. The van der Waals surface area contributed by atoms with E-state index in [1.807, 2.05) is 0 Å². The van der Waals surface area contributed by atoms with Crippen LogP contribution in [0.4, 0.5) is 0 Å². The van der Waals surface area contributed by atoms with E-state index >= 15 is 0 Å². The van der Waals surface area contributed by atoms with Crippen LogP contribution in [-0.2, 0) is 21.0 Å². The molecule has 1 rings (SSSR count). The molecule has 0 aliphatic rings. The number of rotatable bonds is 5. The highest BCUT2D eigenvalue weighted by Gasteiger charge is 2.19. The lowest BCUT2D eigenvalue weighted by Gasteiger charge is -2.13.